The second kappa shape index (κ2) is 7.23. The predicted molar refractivity (Wildman–Crippen MR) is 114 cm³/mol. The van der Waals surface area contributed by atoms with E-state index in [4.69, 9.17) is 9.72 Å². The zero-order valence-electron chi connectivity index (χ0n) is 16.5. The number of hydrogen-bond donors (Lipinski definition) is 1. The number of ether oxygens (including phenoxy) is 1. The third kappa shape index (κ3) is 3.24. The summed E-state index contributed by atoms with van der Waals surface area (Å²) < 4.78 is 7.35. The van der Waals surface area contributed by atoms with E-state index in [1.54, 1.807) is 7.11 Å². The van der Waals surface area contributed by atoms with Crippen molar-refractivity contribution in [2.75, 3.05) is 31.4 Å². The molecule has 142 valence electrons. The number of rotatable bonds is 5. The standard InChI is InChI=1S/C22H23N5O/c1-15-13-21(25-16-9-11-17(12-10-16)26(2)3)27-22(24-15)19(14-23-27)18-7-5-6-8-20(18)28-4/h5-14,25H,1-4H3. The topological polar surface area (TPSA) is 54.7 Å². The molecular formula is C22H23N5O. The van der Waals surface area contributed by atoms with Gasteiger partial charge in [0.05, 0.1) is 18.9 Å². The summed E-state index contributed by atoms with van der Waals surface area (Å²) in [6, 6.07) is 18.2. The second-order valence-corrected chi connectivity index (χ2v) is 6.84. The average Bonchev–Trinajstić information content (AvgIpc) is 3.12. The van der Waals surface area contributed by atoms with E-state index in [9.17, 15) is 0 Å². The number of aryl methyl sites for hydroxylation is 1. The van der Waals surface area contributed by atoms with E-state index in [1.165, 1.54) is 0 Å². The van der Waals surface area contributed by atoms with Crippen LogP contribution in [0.15, 0.2) is 60.8 Å². The number of nitrogens with zero attached hydrogens (tertiary/aromatic N) is 4. The fourth-order valence-electron chi connectivity index (χ4n) is 3.22. The molecule has 2 aromatic heterocycles. The van der Waals surface area contributed by atoms with Crippen molar-refractivity contribution in [2.45, 2.75) is 6.92 Å². The molecule has 4 aromatic rings. The highest BCUT2D eigenvalue weighted by molar-refractivity contribution is 5.82. The van der Waals surface area contributed by atoms with Gasteiger partial charge in [-0.2, -0.15) is 9.61 Å². The zero-order chi connectivity index (χ0) is 19.7. The van der Waals surface area contributed by atoms with Crippen molar-refractivity contribution in [1.82, 2.24) is 14.6 Å². The molecule has 0 fully saturated rings. The fourth-order valence-corrected chi connectivity index (χ4v) is 3.22. The Hall–Kier alpha value is -3.54. The maximum absolute atomic E-state index is 5.52. The van der Waals surface area contributed by atoms with Gasteiger partial charge in [0.25, 0.3) is 0 Å². The van der Waals surface area contributed by atoms with Gasteiger partial charge in [0.1, 0.15) is 11.6 Å². The zero-order valence-corrected chi connectivity index (χ0v) is 16.5. The molecule has 0 bridgehead atoms. The lowest BCUT2D eigenvalue weighted by Crippen LogP contribution is -2.08. The molecule has 4 rings (SSSR count). The van der Waals surface area contributed by atoms with Crippen LogP contribution >= 0.6 is 0 Å². The molecule has 0 amide bonds. The van der Waals surface area contributed by atoms with Gasteiger partial charge in [0.15, 0.2) is 5.65 Å². The van der Waals surface area contributed by atoms with Gasteiger partial charge in [-0.3, -0.25) is 0 Å². The summed E-state index contributed by atoms with van der Waals surface area (Å²) in [5, 5.41) is 8.04. The Morgan fingerprint density at radius 2 is 1.75 bits per heavy atom. The molecule has 0 aliphatic rings. The van der Waals surface area contributed by atoms with E-state index >= 15 is 0 Å². The minimum absolute atomic E-state index is 0.789. The third-order valence-electron chi connectivity index (χ3n) is 4.65. The summed E-state index contributed by atoms with van der Waals surface area (Å²) in [5.74, 6) is 1.66. The van der Waals surface area contributed by atoms with E-state index in [0.717, 1.165) is 45.4 Å². The van der Waals surface area contributed by atoms with Gasteiger partial charge in [0.2, 0.25) is 0 Å². The monoisotopic (exact) mass is 373 g/mol. The van der Waals surface area contributed by atoms with Crippen LogP contribution in [0.1, 0.15) is 5.69 Å². The molecule has 0 aliphatic heterocycles. The van der Waals surface area contributed by atoms with Crippen LogP contribution in [0.4, 0.5) is 17.2 Å². The Morgan fingerprint density at radius 3 is 2.46 bits per heavy atom. The molecule has 6 heteroatoms. The normalized spacial score (nSPS) is 10.9. The smallest absolute Gasteiger partial charge is 0.165 e. The first-order valence-corrected chi connectivity index (χ1v) is 9.10. The highest BCUT2D eigenvalue weighted by Crippen LogP contribution is 2.33. The second-order valence-electron chi connectivity index (χ2n) is 6.84. The number of nitrogens with one attached hydrogen (secondary N) is 1. The lowest BCUT2D eigenvalue weighted by Gasteiger charge is -2.14. The van der Waals surface area contributed by atoms with Crippen molar-refractivity contribution in [2.24, 2.45) is 0 Å². The maximum Gasteiger partial charge on any atom is 0.165 e. The average molecular weight is 373 g/mol. The molecular weight excluding hydrogens is 350 g/mol. The Bertz CT molecular complexity index is 1120. The first kappa shape index (κ1) is 17.9. The molecule has 2 aromatic carbocycles. The SMILES string of the molecule is COc1ccccc1-c1cnn2c(Nc3ccc(N(C)C)cc3)cc(C)nc12. The van der Waals surface area contributed by atoms with Crippen molar-refractivity contribution in [1.29, 1.82) is 0 Å². The van der Waals surface area contributed by atoms with Gasteiger partial charge in [0, 0.05) is 42.8 Å². The van der Waals surface area contributed by atoms with E-state index in [-0.39, 0.29) is 0 Å². The van der Waals surface area contributed by atoms with Gasteiger partial charge in [-0.25, -0.2) is 4.98 Å². The highest BCUT2D eigenvalue weighted by Gasteiger charge is 2.15. The summed E-state index contributed by atoms with van der Waals surface area (Å²) in [5.41, 5.74) is 5.76. The van der Waals surface area contributed by atoms with E-state index in [1.807, 2.05) is 62.1 Å². The number of benzene rings is 2. The van der Waals surface area contributed by atoms with Crippen LogP contribution in [0.3, 0.4) is 0 Å². The Labute approximate surface area is 164 Å². The Balaban J connectivity index is 1.77. The van der Waals surface area contributed by atoms with Gasteiger partial charge in [-0.05, 0) is 37.3 Å². The van der Waals surface area contributed by atoms with Crippen LogP contribution in [0.25, 0.3) is 16.8 Å². The van der Waals surface area contributed by atoms with E-state index in [0.29, 0.717) is 0 Å². The van der Waals surface area contributed by atoms with Gasteiger partial charge >= 0.3 is 0 Å². The number of hydrogen-bond acceptors (Lipinski definition) is 5. The number of fused-ring (bicyclic) bond motifs is 1. The molecule has 0 atom stereocenters. The molecule has 0 unspecified atom stereocenters. The van der Waals surface area contributed by atoms with Crippen molar-refractivity contribution in [3.63, 3.8) is 0 Å². The molecule has 6 nitrogen and oxygen atoms in total. The molecule has 28 heavy (non-hydrogen) atoms. The van der Waals surface area contributed by atoms with Crippen molar-refractivity contribution in [3.05, 3.63) is 66.5 Å². The van der Waals surface area contributed by atoms with Crippen LogP contribution in [0.5, 0.6) is 5.75 Å². The quantitative estimate of drug-likeness (QED) is 0.557. The van der Waals surface area contributed by atoms with E-state index in [2.05, 4.69) is 39.6 Å². The highest BCUT2D eigenvalue weighted by atomic mass is 16.5. The number of anilines is 3. The summed E-state index contributed by atoms with van der Waals surface area (Å²) in [6.07, 6.45) is 1.83. The molecule has 2 heterocycles. The summed E-state index contributed by atoms with van der Waals surface area (Å²) in [6.45, 7) is 1.99. The Morgan fingerprint density at radius 1 is 1.00 bits per heavy atom. The molecule has 0 saturated carbocycles. The first-order chi connectivity index (χ1) is 13.6. The van der Waals surface area contributed by atoms with Crippen LogP contribution in [0, 0.1) is 6.92 Å². The van der Waals surface area contributed by atoms with Crippen LogP contribution in [-0.4, -0.2) is 35.8 Å². The van der Waals surface area contributed by atoms with Gasteiger partial charge < -0.3 is 15.0 Å². The van der Waals surface area contributed by atoms with Crippen molar-refractivity contribution < 1.29 is 4.74 Å². The molecule has 0 aliphatic carbocycles. The Kier molecular flexibility index (Phi) is 4.61. The molecule has 0 saturated heterocycles. The maximum atomic E-state index is 5.52. The molecule has 0 radical (unpaired) electrons. The van der Waals surface area contributed by atoms with Crippen molar-refractivity contribution >= 4 is 22.8 Å². The summed E-state index contributed by atoms with van der Waals surface area (Å²) in [4.78, 5) is 6.80. The molecule has 0 spiro atoms. The van der Waals surface area contributed by atoms with E-state index < -0.39 is 0 Å². The summed E-state index contributed by atoms with van der Waals surface area (Å²) in [7, 11) is 5.73. The van der Waals surface area contributed by atoms with Gasteiger partial charge in [-0.1, -0.05) is 18.2 Å². The minimum atomic E-state index is 0.789. The number of aromatic nitrogens is 3. The summed E-state index contributed by atoms with van der Waals surface area (Å²) >= 11 is 0. The van der Waals surface area contributed by atoms with Crippen LogP contribution in [0.2, 0.25) is 0 Å². The number of para-hydroxylation sites is 1. The van der Waals surface area contributed by atoms with Crippen LogP contribution in [-0.2, 0) is 0 Å². The van der Waals surface area contributed by atoms with Crippen LogP contribution < -0.4 is 15.0 Å². The van der Waals surface area contributed by atoms with Gasteiger partial charge in [-0.15, -0.1) is 0 Å². The fraction of sp³-hybridized carbons (Fsp3) is 0.182. The molecule has 1 N–H and O–H groups in total. The third-order valence-corrected chi connectivity index (χ3v) is 4.65. The largest absolute Gasteiger partial charge is 0.496 e. The lowest BCUT2D eigenvalue weighted by molar-refractivity contribution is 0.416. The first-order valence-electron chi connectivity index (χ1n) is 9.10. The van der Waals surface area contributed by atoms with Crippen molar-refractivity contribution in [3.8, 4) is 16.9 Å². The number of methoxy groups -OCH3 is 1. The predicted octanol–water partition coefficient (Wildman–Crippen LogP) is 4.52. The minimum Gasteiger partial charge on any atom is -0.496 e. The lowest BCUT2D eigenvalue weighted by atomic mass is 10.1.